The second kappa shape index (κ2) is 8.13. The summed E-state index contributed by atoms with van der Waals surface area (Å²) < 4.78 is 16.3. The average Bonchev–Trinajstić information content (AvgIpc) is 2.66. The molecule has 0 aromatic heterocycles. The second-order valence-corrected chi connectivity index (χ2v) is 6.24. The summed E-state index contributed by atoms with van der Waals surface area (Å²) in [7, 11) is 1.55. The van der Waals surface area contributed by atoms with Gasteiger partial charge in [0.1, 0.15) is 31.1 Å². The van der Waals surface area contributed by atoms with Crippen molar-refractivity contribution >= 4 is 23.2 Å². The van der Waals surface area contributed by atoms with E-state index in [1.165, 1.54) is 17.0 Å². The fraction of sp³-hybridized carbons (Fsp3) is 0.278. The van der Waals surface area contributed by atoms with Crippen molar-refractivity contribution in [1.82, 2.24) is 4.90 Å². The molecule has 0 bridgehead atoms. The number of ether oxygens (including phenoxy) is 3. The van der Waals surface area contributed by atoms with E-state index in [9.17, 15) is 14.9 Å². The molecule has 2 aromatic rings. The van der Waals surface area contributed by atoms with E-state index in [0.29, 0.717) is 29.7 Å². The molecule has 1 aliphatic rings. The van der Waals surface area contributed by atoms with Gasteiger partial charge in [0.05, 0.1) is 17.5 Å². The molecule has 0 aliphatic carbocycles. The third-order valence-corrected chi connectivity index (χ3v) is 4.16. The van der Waals surface area contributed by atoms with Crippen LogP contribution in [-0.2, 0) is 0 Å². The Balaban J connectivity index is 1.71. The van der Waals surface area contributed by atoms with Crippen molar-refractivity contribution in [1.29, 1.82) is 0 Å². The van der Waals surface area contributed by atoms with Gasteiger partial charge in [-0.25, -0.2) is 0 Å². The van der Waals surface area contributed by atoms with Gasteiger partial charge in [0.15, 0.2) is 11.5 Å². The maximum Gasteiger partial charge on any atom is 0.286 e. The van der Waals surface area contributed by atoms with E-state index in [1.807, 2.05) is 0 Å². The Morgan fingerprint density at radius 2 is 1.96 bits per heavy atom. The van der Waals surface area contributed by atoms with Crippen LogP contribution < -0.4 is 14.2 Å². The molecule has 1 amide bonds. The molecule has 142 valence electrons. The lowest BCUT2D eigenvalue weighted by Crippen LogP contribution is -2.31. The van der Waals surface area contributed by atoms with Crippen molar-refractivity contribution in [2.24, 2.45) is 0 Å². The Kier molecular flexibility index (Phi) is 5.66. The number of nitro groups is 1. The highest BCUT2D eigenvalue weighted by molar-refractivity contribution is 6.30. The maximum atomic E-state index is 12.7. The fourth-order valence-electron chi connectivity index (χ4n) is 2.56. The molecule has 27 heavy (non-hydrogen) atoms. The number of hydrogen-bond acceptors (Lipinski definition) is 6. The van der Waals surface area contributed by atoms with Crippen LogP contribution in [0.1, 0.15) is 10.4 Å². The van der Waals surface area contributed by atoms with Crippen LogP contribution in [0.3, 0.4) is 0 Å². The molecule has 8 nitrogen and oxygen atoms in total. The van der Waals surface area contributed by atoms with Crippen LogP contribution >= 0.6 is 11.6 Å². The molecule has 2 aromatic carbocycles. The first-order valence-electron chi connectivity index (χ1n) is 8.17. The van der Waals surface area contributed by atoms with Gasteiger partial charge >= 0.3 is 0 Å². The molecule has 0 unspecified atom stereocenters. The summed E-state index contributed by atoms with van der Waals surface area (Å²) in [5.74, 6) is 0.650. The molecule has 0 radical (unpaired) electrons. The summed E-state index contributed by atoms with van der Waals surface area (Å²) in [6, 6.07) is 9.46. The van der Waals surface area contributed by atoms with Crippen molar-refractivity contribution in [2.75, 3.05) is 33.4 Å². The Labute approximate surface area is 160 Å². The van der Waals surface area contributed by atoms with Gasteiger partial charge in [-0.15, -0.1) is 0 Å². The third-order valence-electron chi connectivity index (χ3n) is 3.93. The molecule has 0 spiro atoms. The van der Waals surface area contributed by atoms with E-state index in [4.69, 9.17) is 25.8 Å². The predicted octanol–water partition coefficient (Wildman–Crippen LogP) is 3.17. The highest BCUT2D eigenvalue weighted by Gasteiger charge is 2.28. The number of hydrogen-bond donors (Lipinski definition) is 0. The standard InChI is InChI=1S/C18H17ClN2O6/c1-20(5-6-25-13-4-2-3-12(19)9-13)18(22)14-10-16-17(27-8-7-26-16)11-15(14)21(23)24/h2-4,9-11H,5-8H2,1H3. The average molecular weight is 393 g/mol. The summed E-state index contributed by atoms with van der Waals surface area (Å²) in [6.45, 7) is 1.07. The van der Waals surface area contributed by atoms with Crippen LogP contribution in [-0.4, -0.2) is 49.1 Å². The first kappa shape index (κ1) is 18.8. The molecule has 0 atom stereocenters. The SMILES string of the molecule is CN(CCOc1cccc(Cl)c1)C(=O)c1cc2c(cc1[N+](=O)[O-])OCCO2. The van der Waals surface area contributed by atoms with Gasteiger partial charge in [-0.3, -0.25) is 14.9 Å². The number of benzene rings is 2. The smallest absolute Gasteiger partial charge is 0.286 e. The van der Waals surface area contributed by atoms with Gasteiger partial charge in [0.2, 0.25) is 0 Å². The maximum absolute atomic E-state index is 12.7. The van der Waals surface area contributed by atoms with Crippen LogP contribution in [0.4, 0.5) is 5.69 Å². The lowest BCUT2D eigenvalue weighted by molar-refractivity contribution is -0.385. The topological polar surface area (TPSA) is 91.1 Å². The number of nitro benzene ring substituents is 1. The van der Waals surface area contributed by atoms with Gasteiger partial charge in [-0.2, -0.15) is 0 Å². The van der Waals surface area contributed by atoms with Gasteiger partial charge in [-0.05, 0) is 18.2 Å². The number of rotatable bonds is 6. The van der Waals surface area contributed by atoms with Crippen LogP contribution in [0.15, 0.2) is 36.4 Å². The van der Waals surface area contributed by atoms with E-state index in [-0.39, 0.29) is 30.2 Å². The molecule has 1 heterocycles. The monoisotopic (exact) mass is 392 g/mol. The minimum Gasteiger partial charge on any atom is -0.492 e. The van der Waals surface area contributed by atoms with Gasteiger partial charge < -0.3 is 19.1 Å². The number of likely N-dealkylation sites (N-methyl/N-ethyl adjacent to an activating group) is 1. The minimum atomic E-state index is -0.609. The lowest BCUT2D eigenvalue weighted by atomic mass is 10.1. The van der Waals surface area contributed by atoms with Crippen LogP contribution in [0, 0.1) is 10.1 Å². The number of amides is 1. The summed E-state index contributed by atoms with van der Waals surface area (Å²) in [4.78, 5) is 24.8. The summed E-state index contributed by atoms with van der Waals surface area (Å²) in [5, 5.41) is 11.9. The van der Waals surface area contributed by atoms with E-state index in [2.05, 4.69) is 0 Å². The number of nitrogens with zero attached hydrogens (tertiary/aromatic N) is 2. The lowest BCUT2D eigenvalue weighted by Gasteiger charge is -2.21. The number of carbonyl (C=O) groups is 1. The number of fused-ring (bicyclic) bond motifs is 1. The highest BCUT2D eigenvalue weighted by Crippen LogP contribution is 2.37. The zero-order valence-corrected chi connectivity index (χ0v) is 15.3. The molecule has 9 heteroatoms. The molecule has 3 rings (SSSR count). The second-order valence-electron chi connectivity index (χ2n) is 5.80. The molecular weight excluding hydrogens is 376 g/mol. The Hall–Kier alpha value is -3.00. The largest absolute Gasteiger partial charge is 0.492 e. The summed E-state index contributed by atoms with van der Waals surface area (Å²) in [5.41, 5.74) is -0.388. The van der Waals surface area contributed by atoms with Crippen molar-refractivity contribution in [3.8, 4) is 17.2 Å². The van der Waals surface area contributed by atoms with Gasteiger partial charge in [-0.1, -0.05) is 17.7 Å². The predicted molar refractivity (Wildman–Crippen MR) is 98.0 cm³/mol. The van der Waals surface area contributed by atoms with Crippen molar-refractivity contribution in [3.05, 3.63) is 57.1 Å². The highest BCUT2D eigenvalue weighted by atomic mass is 35.5. The van der Waals surface area contributed by atoms with E-state index in [0.717, 1.165) is 0 Å². The minimum absolute atomic E-state index is 0.0606. The zero-order chi connectivity index (χ0) is 19.4. The van der Waals surface area contributed by atoms with Gasteiger partial charge in [0.25, 0.3) is 11.6 Å². The molecule has 1 aliphatic heterocycles. The quantitative estimate of drug-likeness (QED) is 0.554. The van der Waals surface area contributed by atoms with Crippen LogP contribution in [0.2, 0.25) is 5.02 Å². The molecule has 0 fully saturated rings. The van der Waals surface area contributed by atoms with E-state index < -0.39 is 10.8 Å². The van der Waals surface area contributed by atoms with Crippen molar-refractivity contribution in [2.45, 2.75) is 0 Å². The van der Waals surface area contributed by atoms with Crippen molar-refractivity contribution in [3.63, 3.8) is 0 Å². The van der Waals surface area contributed by atoms with E-state index in [1.54, 1.807) is 31.3 Å². The summed E-state index contributed by atoms with van der Waals surface area (Å²) in [6.07, 6.45) is 0. The van der Waals surface area contributed by atoms with Crippen LogP contribution in [0.5, 0.6) is 17.2 Å². The third kappa shape index (κ3) is 4.40. The Bertz CT molecular complexity index is 873. The summed E-state index contributed by atoms with van der Waals surface area (Å²) >= 11 is 5.89. The first-order valence-corrected chi connectivity index (χ1v) is 8.55. The number of carbonyl (C=O) groups excluding carboxylic acids is 1. The molecule has 0 saturated heterocycles. The first-order chi connectivity index (χ1) is 13.0. The van der Waals surface area contributed by atoms with E-state index >= 15 is 0 Å². The Morgan fingerprint density at radius 1 is 1.26 bits per heavy atom. The normalized spacial score (nSPS) is 12.4. The fourth-order valence-corrected chi connectivity index (χ4v) is 2.75. The molecular formula is C18H17ClN2O6. The Morgan fingerprint density at radius 3 is 2.63 bits per heavy atom. The molecule has 0 saturated carbocycles. The molecule has 0 N–H and O–H groups in total. The number of halogens is 1. The van der Waals surface area contributed by atoms with Crippen molar-refractivity contribution < 1.29 is 23.9 Å². The van der Waals surface area contributed by atoms with Crippen LogP contribution in [0.25, 0.3) is 0 Å². The van der Waals surface area contributed by atoms with Gasteiger partial charge in [0, 0.05) is 18.1 Å². The zero-order valence-electron chi connectivity index (χ0n) is 14.5.